The molecule has 1 aromatic heterocycles. The Kier molecular flexibility index (Phi) is 3.23. The standard InChI is InChI=1S/C16H20ClN3O/c17-13-3-1-2-11-12-8-20(7-4-14(12)19-15(11)13)10-16(21)5-6-18-9-16/h1-3,18-19,21H,4-10H2. The third-order valence-corrected chi connectivity index (χ3v) is 5.09. The zero-order valence-corrected chi connectivity index (χ0v) is 12.7. The van der Waals surface area contributed by atoms with Crippen molar-refractivity contribution in [1.29, 1.82) is 0 Å². The molecule has 1 saturated heterocycles. The highest BCUT2D eigenvalue weighted by molar-refractivity contribution is 6.35. The number of fused-ring (bicyclic) bond motifs is 3. The molecule has 0 radical (unpaired) electrons. The summed E-state index contributed by atoms with van der Waals surface area (Å²) in [4.78, 5) is 5.84. The Hall–Kier alpha value is -1.07. The van der Waals surface area contributed by atoms with Crippen molar-refractivity contribution >= 4 is 22.5 Å². The van der Waals surface area contributed by atoms with Crippen LogP contribution in [0.2, 0.25) is 5.02 Å². The fraction of sp³-hybridized carbons (Fsp3) is 0.500. The number of aliphatic hydroxyl groups is 1. The van der Waals surface area contributed by atoms with Crippen LogP contribution in [0.3, 0.4) is 0 Å². The molecule has 1 aromatic carbocycles. The summed E-state index contributed by atoms with van der Waals surface area (Å²) in [7, 11) is 0. The first-order valence-corrected chi connectivity index (χ1v) is 7.96. The van der Waals surface area contributed by atoms with E-state index in [1.807, 2.05) is 12.1 Å². The van der Waals surface area contributed by atoms with Crippen molar-refractivity contribution in [1.82, 2.24) is 15.2 Å². The second-order valence-corrected chi connectivity index (χ2v) is 6.76. The van der Waals surface area contributed by atoms with E-state index in [4.69, 9.17) is 11.6 Å². The summed E-state index contributed by atoms with van der Waals surface area (Å²) in [5.41, 5.74) is 3.12. The molecule has 0 aliphatic carbocycles. The van der Waals surface area contributed by atoms with Gasteiger partial charge >= 0.3 is 0 Å². The largest absolute Gasteiger partial charge is 0.387 e. The average molecular weight is 306 g/mol. The maximum atomic E-state index is 10.6. The molecule has 0 saturated carbocycles. The summed E-state index contributed by atoms with van der Waals surface area (Å²) < 4.78 is 0. The van der Waals surface area contributed by atoms with Gasteiger partial charge in [0.15, 0.2) is 0 Å². The zero-order chi connectivity index (χ0) is 14.4. The molecule has 5 heteroatoms. The number of β-amino-alcohol motifs (C(OH)–C–C–N with tert-alkyl or cyclic N) is 1. The molecule has 4 rings (SSSR count). The van der Waals surface area contributed by atoms with Gasteiger partial charge in [-0.2, -0.15) is 0 Å². The number of aromatic amines is 1. The van der Waals surface area contributed by atoms with Crippen LogP contribution in [0.5, 0.6) is 0 Å². The van der Waals surface area contributed by atoms with Gasteiger partial charge in [-0.25, -0.2) is 0 Å². The van der Waals surface area contributed by atoms with Gasteiger partial charge in [0.25, 0.3) is 0 Å². The number of rotatable bonds is 2. The van der Waals surface area contributed by atoms with E-state index in [1.54, 1.807) is 0 Å². The number of hydrogen-bond donors (Lipinski definition) is 3. The minimum Gasteiger partial charge on any atom is -0.387 e. The molecular weight excluding hydrogens is 286 g/mol. The van der Waals surface area contributed by atoms with Crippen molar-refractivity contribution in [2.24, 2.45) is 0 Å². The van der Waals surface area contributed by atoms with E-state index in [1.165, 1.54) is 16.6 Å². The minimum atomic E-state index is -0.568. The molecule has 21 heavy (non-hydrogen) atoms. The molecule has 1 atom stereocenters. The van der Waals surface area contributed by atoms with Crippen LogP contribution in [0.15, 0.2) is 18.2 Å². The van der Waals surface area contributed by atoms with Crippen LogP contribution in [-0.2, 0) is 13.0 Å². The molecule has 3 heterocycles. The molecule has 112 valence electrons. The van der Waals surface area contributed by atoms with Crippen molar-refractivity contribution in [3.8, 4) is 0 Å². The van der Waals surface area contributed by atoms with E-state index >= 15 is 0 Å². The number of nitrogens with one attached hydrogen (secondary N) is 2. The Morgan fingerprint density at radius 3 is 3.10 bits per heavy atom. The van der Waals surface area contributed by atoms with Gasteiger partial charge in [-0.3, -0.25) is 4.90 Å². The maximum absolute atomic E-state index is 10.6. The summed E-state index contributed by atoms with van der Waals surface area (Å²) in [6, 6.07) is 6.06. The summed E-state index contributed by atoms with van der Waals surface area (Å²) in [6.07, 6.45) is 1.83. The highest BCUT2D eigenvalue weighted by Gasteiger charge is 2.34. The van der Waals surface area contributed by atoms with Gasteiger partial charge in [0.2, 0.25) is 0 Å². The molecule has 0 amide bonds. The Balaban J connectivity index is 1.62. The molecule has 2 aliphatic rings. The second kappa shape index (κ2) is 4.99. The highest BCUT2D eigenvalue weighted by atomic mass is 35.5. The van der Waals surface area contributed by atoms with Gasteiger partial charge in [0.1, 0.15) is 0 Å². The van der Waals surface area contributed by atoms with E-state index in [9.17, 15) is 5.11 Å². The van der Waals surface area contributed by atoms with Gasteiger partial charge in [-0.1, -0.05) is 23.7 Å². The summed E-state index contributed by atoms with van der Waals surface area (Å²) in [5.74, 6) is 0. The Labute approximate surface area is 129 Å². The smallest absolute Gasteiger partial charge is 0.0909 e. The van der Waals surface area contributed by atoms with E-state index in [0.29, 0.717) is 6.54 Å². The monoisotopic (exact) mass is 305 g/mol. The Bertz CT molecular complexity index is 675. The lowest BCUT2D eigenvalue weighted by Gasteiger charge is -2.33. The minimum absolute atomic E-state index is 0.568. The summed E-state index contributed by atoms with van der Waals surface area (Å²) in [5, 5.41) is 15.8. The molecule has 1 unspecified atom stereocenters. The lowest BCUT2D eigenvalue weighted by atomic mass is 9.99. The molecule has 2 aliphatic heterocycles. The van der Waals surface area contributed by atoms with E-state index < -0.39 is 5.60 Å². The number of H-pyrrole nitrogens is 1. The molecule has 1 fully saturated rings. The number of aromatic nitrogens is 1. The quantitative estimate of drug-likeness (QED) is 0.794. The van der Waals surface area contributed by atoms with E-state index in [0.717, 1.165) is 49.6 Å². The van der Waals surface area contributed by atoms with Gasteiger partial charge in [0, 0.05) is 43.7 Å². The normalized spacial score (nSPS) is 26.4. The van der Waals surface area contributed by atoms with Gasteiger partial charge in [0.05, 0.1) is 16.1 Å². The van der Waals surface area contributed by atoms with Crippen LogP contribution in [0.4, 0.5) is 0 Å². The van der Waals surface area contributed by atoms with Gasteiger partial charge in [-0.15, -0.1) is 0 Å². The van der Waals surface area contributed by atoms with Crippen LogP contribution in [0.1, 0.15) is 17.7 Å². The summed E-state index contributed by atoms with van der Waals surface area (Å²) >= 11 is 6.28. The predicted molar refractivity (Wildman–Crippen MR) is 84.7 cm³/mol. The number of para-hydroxylation sites is 1. The molecule has 0 spiro atoms. The van der Waals surface area contributed by atoms with Crippen molar-refractivity contribution in [3.63, 3.8) is 0 Å². The van der Waals surface area contributed by atoms with Crippen LogP contribution in [0.25, 0.3) is 10.9 Å². The molecule has 4 nitrogen and oxygen atoms in total. The molecular formula is C16H20ClN3O. The van der Waals surface area contributed by atoms with E-state index in [-0.39, 0.29) is 0 Å². The zero-order valence-electron chi connectivity index (χ0n) is 12.0. The lowest BCUT2D eigenvalue weighted by Crippen LogP contribution is -2.46. The molecule has 0 bridgehead atoms. The number of benzene rings is 1. The Morgan fingerprint density at radius 2 is 2.29 bits per heavy atom. The first-order valence-electron chi connectivity index (χ1n) is 7.58. The van der Waals surface area contributed by atoms with Crippen molar-refractivity contribution in [2.45, 2.75) is 25.0 Å². The summed E-state index contributed by atoms with van der Waals surface area (Å²) in [6.45, 7) is 4.23. The topological polar surface area (TPSA) is 51.3 Å². The van der Waals surface area contributed by atoms with Gasteiger partial charge < -0.3 is 15.4 Å². The SMILES string of the molecule is OC1(CN2CCc3[nH]c4c(Cl)cccc4c3C2)CCNC1. The third kappa shape index (κ3) is 2.36. The van der Waals surface area contributed by atoms with Crippen molar-refractivity contribution in [3.05, 3.63) is 34.5 Å². The fourth-order valence-corrected chi connectivity index (χ4v) is 3.90. The molecule has 2 aromatic rings. The Morgan fingerprint density at radius 1 is 1.38 bits per heavy atom. The highest BCUT2D eigenvalue weighted by Crippen LogP contribution is 2.32. The van der Waals surface area contributed by atoms with Crippen LogP contribution < -0.4 is 5.32 Å². The predicted octanol–water partition coefficient (Wildman–Crippen LogP) is 1.90. The lowest BCUT2D eigenvalue weighted by molar-refractivity contribution is 0.0168. The number of nitrogens with zero attached hydrogens (tertiary/aromatic N) is 1. The second-order valence-electron chi connectivity index (χ2n) is 6.36. The number of hydrogen-bond acceptors (Lipinski definition) is 3. The van der Waals surface area contributed by atoms with Crippen LogP contribution in [0, 0.1) is 0 Å². The number of halogens is 1. The van der Waals surface area contributed by atoms with Gasteiger partial charge in [-0.05, 0) is 24.6 Å². The van der Waals surface area contributed by atoms with Crippen molar-refractivity contribution in [2.75, 3.05) is 26.2 Å². The first kappa shape index (κ1) is 13.6. The maximum Gasteiger partial charge on any atom is 0.0909 e. The van der Waals surface area contributed by atoms with Crippen molar-refractivity contribution < 1.29 is 5.11 Å². The molecule has 3 N–H and O–H groups in total. The fourth-order valence-electron chi connectivity index (χ4n) is 3.67. The van der Waals surface area contributed by atoms with E-state index in [2.05, 4.69) is 21.3 Å². The van der Waals surface area contributed by atoms with Crippen LogP contribution in [-0.4, -0.2) is 46.8 Å². The first-order chi connectivity index (χ1) is 10.1. The third-order valence-electron chi connectivity index (χ3n) is 4.78. The average Bonchev–Trinajstić information content (AvgIpc) is 3.04. The van der Waals surface area contributed by atoms with Crippen LogP contribution >= 0.6 is 11.6 Å².